The third-order valence-corrected chi connectivity index (χ3v) is 5.23. The van der Waals surface area contributed by atoms with Crippen molar-refractivity contribution in [3.8, 4) is 0 Å². The molecule has 2 rings (SSSR count). The number of aromatic nitrogens is 2. The molecular weight excluding hydrogens is 418 g/mol. The summed E-state index contributed by atoms with van der Waals surface area (Å²) < 4.78 is 9.89. The summed E-state index contributed by atoms with van der Waals surface area (Å²) >= 11 is 5.69. The lowest BCUT2D eigenvalue weighted by molar-refractivity contribution is 0.0595. The number of hydrogen-bond acceptors (Lipinski definition) is 9. The zero-order chi connectivity index (χ0) is 18.3. The second-order valence-corrected chi connectivity index (χ2v) is 7.57. The smallest absolute Gasteiger partial charge is 0.350 e. The van der Waals surface area contributed by atoms with Gasteiger partial charge in [0.15, 0.2) is 9.05 Å². The van der Waals surface area contributed by atoms with E-state index in [2.05, 4.69) is 35.4 Å². The number of halogens is 1. The summed E-state index contributed by atoms with van der Waals surface area (Å²) in [5.41, 5.74) is 6.95. The van der Waals surface area contributed by atoms with Gasteiger partial charge in [-0.3, -0.25) is 0 Å². The van der Waals surface area contributed by atoms with Gasteiger partial charge in [-0.1, -0.05) is 36.5 Å². The van der Waals surface area contributed by atoms with Gasteiger partial charge in [0.05, 0.1) is 25.6 Å². The SMILES string of the molecule is CCc1nc(Br)sc1C(=O)OC.CCc1nc(N)sc1C(=O)OC. The van der Waals surface area contributed by atoms with E-state index in [0.29, 0.717) is 27.0 Å². The van der Waals surface area contributed by atoms with Crippen LogP contribution >= 0.6 is 38.6 Å². The average molecular weight is 436 g/mol. The third-order valence-electron chi connectivity index (χ3n) is 2.80. The monoisotopic (exact) mass is 435 g/mol. The van der Waals surface area contributed by atoms with Gasteiger partial charge < -0.3 is 15.2 Å². The summed E-state index contributed by atoms with van der Waals surface area (Å²) in [6.45, 7) is 3.87. The number of nitrogen functional groups attached to an aromatic ring is 1. The predicted molar refractivity (Wildman–Crippen MR) is 97.8 cm³/mol. The minimum absolute atomic E-state index is 0.310. The summed E-state index contributed by atoms with van der Waals surface area (Å²) in [6, 6.07) is 0. The number of hydrogen-bond donors (Lipinski definition) is 1. The maximum atomic E-state index is 11.1. The van der Waals surface area contributed by atoms with Crippen molar-refractivity contribution in [1.82, 2.24) is 9.97 Å². The lowest BCUT2D eigenvalue weighted by Crippen LogP contribution is -2.01. The molecule has 0 aliphatic heterocycles. The first-order chi connectivity index (χ1) is 11.4. The van der Waals surface area contributed by atoms with Gasteiger partial charge in [-0.05, 0) is 28.8 Å². The van der Waals surface area contributed by atoms with Crippen molar-refractivity contribution in [3.63, 3.8) is 0 Å². The molecule has 0 unspecified atom stereocenters. The largest absolute Gasteiger partial charge is 0.465 e. The van der Waals surface area contributed by atoms with Crippen LogP contribution in [0.25, 0.3) is 0 Å². The molecule has 0 saturated carbocycles. The summed E-state index contributed by atoms with van der Waals surface area (Å²) in [4.78, 5) is 31.5. The van der Waals surface area contributed by atoms with E-state index in [1.807, 2.05) is 13.8 Å². The lowest BCUT2D eigenvalue weighted by atomic mass is 10.3. The van der Waals surface area contributed by atoms with E-state index in [1.54, 1.807) is 0 Å². The molecule has 0 saturated heterocycles. The minimum atomic E-state index is -0.360. The molecule has 0 atom stereocenters. The molecule has 0 fully saturated rings. The van der Waals surface area contributed by atoms with Crippen LogP contribution in [0, 0.1) is 0 Å². The summed E-state index contributed by atoms with van der Waals surface area (Å²) in [6.07, 6.45) is 1.44. The highest BCUT2D eigenvalue weighted by atomic mass is 79.9. The number of nitrogens with two attached hydrogens (primary N) is 1. The number of carbonyl (C=O) groups excluding carboxylic acids is 2. The van der Waals surface area contributed by atoms with E-state index in [1.165, 1.54) is 25.6 Å². The highest BCUT2D eigenvalue weighted by molar-refractivity contribution is 9.11. The molecule has 0 aliphatic rings. The van der Waals surface area contributed by atoms with E-state index in [0.717, 1.165) is 27.4 Å². The molecule has 2 aromatic rings. The fourth-order valence-electron chi connectivity index (χ4n) is 1.68. The Bertz CT molecular complexity index is 655. The number of methoxy groups -OCH3 is 2. The van der Waals surface area contributed by atoms with Crippen LogP contribution in [-0.2, 0) is 22.3 Å². The predicted octanol–water partition coefficient (Wildman–Crippen LogP) is 3.33. The van der Waals surface area contributed by atoms with Gasteiger partial charge >= 0.3 is 11.9 Å². The van der Waals surface area contributed by atoms with Crippen LogP contribution in [0.1, 0.15) is 44.6 Å². The maximum Gasteiger partial charge on any atom is 0.350 e. The summed E-state index contributed by atoms with van der Waals surface area (Å²) in [5.74, 6) is -0.670. The van der Waals surface area contributed by atoms with Crippen LogP contribution in [-0.4, -0.2) is 36.1 Å². The van der Waals surface area contributed by atoms with Crippen molar-refractivity contribution < 1.29 is 19.1 Å². The van der Waals surface area contributed by atoms with Gasteiger partial charge in [0, 0.05) is 0 Å². The molecule has 0 spiro atoms. The molecule has 0 radical (unpaired) electrons. The number of thiazole rings is 2. The molecule has 0 amide bonds. The Hall–Kier alpha value is -1.52. The first kappa shape index (κ1) is 20.5. The van der Waals surface area contributed by atoms with Crippen molar-refractivity contribution in [2.45, 2.75) is 26.7 Å². The maximum absolute atomic E-state index is 11.1. The zero-order valence-corrected chi connectivity index (χ0v) is 16.9. The molecule has 0 aromatic carbocycles. The molecule has 24 heavy (non-hydrogen) atoms. The molecule has 0 bridgehead atoms. The number of esters is 2. The van der Waals surface area contributed by atoms with Crippen molar-refractivity contribution in [2.75, 3.05) is 20.0 Å². The normalized spacial score (nSPS) is 9.88. The first-order valence-electron chi connectivity index (χ1n) is 6.94. The van der Waals surface area contributed by atoms with Crippen LogP contribution in [0.4, 0.5) is 5.13 Å². The van der Waals surface area contributed by atoms with E-state index in [4.69, 9.17) is 5.73 Å². The van der Waals surface area contributed by atoms with Gasteiger partial charge in [-0.2, -0.15) is 0 Å². The number of rotatable bonds is 4. The van der Waals surface area contributed by atoms with Gasteiger partial charge in [-0.25, -0.2) is 19.6 Å². The minimum Gasteiger partial charge on any atom is -0.465 e. The number of carbonyl (C=O) groups is 2. The van der Waals surface area contributed by atoms with Crippen LogP contribution in [0.5, 0.6) is 0 Å². The first-order valence-corrected chi connectivity index (χ1v) is 9.37. The highest BCUT2D eigenvalue weighted by Gasteiger charge is 2.16. The van der Waals surface area contributed by atoms with Gasteiger partial charge in [0.25, 0.3) is 0 Å². The topological polar surface area (TPSA) is 104 Å². The summed E-state index contributed by atoms with van der Waals surface area (Å²) in [5, 5.41) is 0.409. The third kappa shape index (κ3) is 5.25. The van der Waals surface area contributed by atoms with Gasteiger partial charge in [-0.15, -0.1) is 0 Å². The Morgan fingerprint density at radius 2 is 1.46 bits per heavy atom. The number of nitrogens with zero attached hydrogens (tertiary/aromatic N) is 2. The van der Waals surface area contributed by atoms with Crippen molar-refractivity contribution >= 4 is 55.7 Å². The second kappa shape index (κ2) is 9.70. The van der Waals surface area contributed by atoms with E-state index in [9.17, 15) is 9.59 Å². The van der Waals surface area contributed by atoms with Crippen LogP contribution in [0.2, 0.25) is 0 Å². The molecule has 132 valence electrons. The second-order valence-electron chi connectivity index (χ2n) is 4.26. The number of anilines is 1. The van der Waals surface area contributed by atoms with Crippen LogP contribution in [0.15, 0.2) is 3.92 Å². The van der Waals surface area contributed by atoms with E-state index in [-0.39, 0.29) is 11.9 Å². The molecular formula is C14H18BrN3O4S2. The molecule has 2 aromatic heterocycles. The van der Waals surface area contributed by atoms with Crippen LogP contribution in [0.3, 0.4) is 0 Å². The molecule has 0 aliphatic carbocycles. The van der Waals surface area contributed by atoms with E-state index < -0.39 is 0 Å². The van der Waals surface area contributed by atoms with Crippen molar-refractivity contribution in [2.24, 2.45) is 0 Å². The fraction of sp³-hybridized carbons (Fsp3) is 0.429. The fourth-order valence-corrected chi connectivity index (χ4v) is 4.01. The highest BCUT2D eigenvalue weighted by Crippen LogP contribution is 2.24. The number of ether oxygens (including phenoxy) is 2. The zero-order valence-electron chi connectivity index (χ0n) is 13.7. The molecule has 7 nitrogen and oxygen atoms in total. The average Bonchev–Trinajstić information content (AvgIpc) is 3.16. The van der Waals surface area contributed by atoms with E-state index >= 15 is 0 Å². The molecule has 2 heterocycles. The Kier molecular flexibility index (Phi) is 8.29. The molecule has 10 heteroatoms. The van der Waals surface area contributed by atoms with Crippen LogP contribution < -0.4 is 5.73 Å². The van der Waals surface area contributed by atoms with Gasteiger partial charge in [0.2, 0.25) is 0 Å². The Morgan fingerprint density at radius 3 is 1.92 bits per heavy atom. The Balaban J connectivity index is 0.000000240. The van der Waals surface area contributed by atoms with Crippen molar-refractivity contribution in [3.05, 3.63) is 25.1 Å². The Morgan fingerprint density at radius 1 is 1.00 bits per heavy atom. The number of aryl methyl sites for hydroxylation is 2. The molecule has 2 N–H and O–H groups in total. The lowest BCUT2D eigenvalue weighted by Gasteiger charge is -1.95. The summed E-state index contributed by atoms with van der Waals surface area (Å²) in [7, 11) is 2.72. The standard InChI is InChI=1S/C7H8BrNO2S.C7H10N2O2S/c2*1-3-4-5(6(10)11-2)12-7(8)9-4/h3H2,1-2H3;3H2,1-2H3,(H2,8,9). The van der Waals surface area contributed by atoms with Crippen molar-refractivity contribution in [1.29, 1.82) is 0 Å². The Labute approximate surface area is 156 Å². The quantitative estimate of drug-likeness (QED) is 0.733. The van der Waals surface area contributed by atoms with Gasteiger partial charge in [0.1, 0.15) is 9.75 Å².